The Morgan fingerprint density at radius 3 is 2.65 bits per heavy atom. The zero-order valence-corrected chi connectivity index (χ0v) is 11.1. The minimum Gasteiger partial charge on any atom is -0.370 e. The van der Waals surface area contributed by atoms with Crippen LogP contribution in [0.5, 0.6) is 0 Å². The smallest absolute Gasteiger partial charge is 0.208 e. The molecular formula is C10H22N4O2S. The molecule has 100 valence electrons. The van der Waals surface area contributed by atoms with Crippen molar-refractivity contribution in [2.45, 2.75) is 25.7 Å². The number of sulfonamides is 1. The lowest BCUT2D eigenvalue weighted by Crippen LogP contribution is -2.35. The van der Waals surface area contributed by atoms with Crippen LogP contribution in [0.25, 0.3) is 0 Å². The van der Waals surface area contributed by atoms with Crippen molar-refractivity contribution < 1.29 is 8.42 Å². The number of hydrogen-bond acceptors (Lipinski definition) is 3. The van der Waals surface area contributed by atoms with E-state index >= 15 is 0 Å². The van der Waals surface area contributed by atoms with Crippen LogP contribution in [-0.2, 0) is 10.0 Å². The summed E-state index contributed by atoms with van der Waals surface area (Å²) in [4.78, 5) is 4.24. The van der Waals surface area contributed by atoms with E-state index in [1.165, 1.54) is 19.3 Å². The minimum atomic E-state index is -3.08. The van der Waals surface area contributed by atoms with E-state index < -0.39 is 10.0 Å². The van der Waals surface area contributed by atoms with Gasteiger partial charge in [-0.25, -0.2) is 13.1 Å². The highest BCUT2D eigenvalue weighted by Crippen LogP contribution is 2.26. The summed E-state index contributed by atoms with van der Waals surface area (Å²) in [5.74, 6) is 1.17. The van der Waals surface area contributed by atoms with Gasteiger partial charge < -0.3 is 11.1 Å². The average Bonchev–Trinajstić information content (AvgIpc) is 2.13. The van der Waals surface area contributed by atoms with Gasteiger partial charge in [0.25, 0.3) is 0 Å². The SMILES string of the molecule is CS(=O)(=O)NCCCNC(N)=NCC1CCC1. The van der Waals surface area contributed by atoms with E-state index in [4.69, 9.17) is 5.73 Å². The number of nitrogens with one attached hydrogen (secondary N) is 2. The fourth-order valence-electron chi connectivity index (χ4n) is 1.52. The Bertz CT molecular complexity index is 349. The van der Waals surface area contributed by atoms with Crippen molar-refractivity contribution in [3.05, 3.63) is 0 Å². The highest BCUT2D eigenvalue weighted by atomic mass is 32.2. The van der Waals surface area contributed by atoms with Crippen molar-refractivity contribution in [3.63, 3.8) is 0 Å². The molecule has 1 aliphatic carbocycles. The van der Waals surface area contributed by atoms with Crippen LogP contribution in [0.15, 0.2) is 4.99 Å². The predicted octanol–water partition coefficient (Wildman–Crippen LogP) is -0.370. The summed E-state index contributed by atoms with van der Waals surface area (Å²) in [6.07, 6.45) is 5.66. The zero-order valence-electron chi connectivity index (χ0n) is 10.3. The second kappa shape index (κ2) is 6.80. The van der Waals surface area contributed by atoms with E-state index in [-0.39, 0.29) is 0 Å². The fourth-order valence-corrected chi connectivity index (χ4v) is 2.04. The lowest BCUT2D eigenvalue weighted by atomic mass is 9.86. The molecule has 0 unspecified atom stereocenters. The molecule has 7 heteroatoms. The molecule has 0 radical (unpaired) electrons. The molecule has 0 aromatic carbocycles. The molecule has 0 bridgehead atoms. The number of nitrogens with two attached hydrogens (primary N) is 1. The molecule has 4 N–H and O–H groups in total. The van der Waals surface area contributed by atoms with E-state index in [0.717, 1.165) is 12.8 Å². The summed E-state index contributed by atoms with van der Waals surface area (Å²) in [7, 11) is -3.08. The van der Waals surface area contributed by atoms with Gasteiger partial charge in [-0.15, -0.1) is 0 Å². The van der Waals surface area contributed by atoms with Gasteiger partial charge in [-0.1, -0.05) is 6.42 Å². The van der Waals surface area contributed by atoms with Gasteiger partial charge >= 0.3 is 0 Å². The van der Waals surface area contributed by atoms with E-state index in [1.54, 1.807) is 0 Å². The van der Waals surface area contributed by atoms with Crippen LogP contribution in [-0.4, -0.2) is 40.3 Å². The third-order valence-electron chi connectivity index (χ3n) is 2.77. The Balaban J connectivity index is 2.01. The minimum absolute atomic E-state index is 0.418. The Kier molecular flexibility index (Phi) is 5.70. The molecule has 1 aliphatic rings. The molecule has 1 saturated carbocycles. The third kappa shape index (κ3) is 7.17. The zero-order chi connectivity index (χ0) is 12.7. The van der Waals surface area contributed by atoms with Gasteiger partial charge in [-0.3, -0.25) is 4.99 Å². The lowest BCUT2D eigenvalue weighted by molar-refractivity contribution is 0.326. The number of aliphatic imine (C=N–C) groups is 1. The molecule has 0 amide bonds. The van der Waals surface area contributed by atoms with Crippen molar-refractivity contribution >= 4 is 16.0 Å². The summed E-state index contributed by atoms with van der Waals surface area (Å²) in [6, 6.07) is 0. The Labute approximate surface area is 103 Å². The second-order valence-corrected chi connectivity index (χ2v) is 6.30. The van der Waals surface area contributed by atoms with E-state index in [1.807, 2.05) is 0 Å². The van der Waals surface area contributed by atoms with Crippen molar-refractivity contribution in [2.75, 3.05) is 25.9 Å². The average molecular weight is 262 g/mol. The molecule has 0 aliphatic heterocycles. The molecule has 0 aromatic rings. The molecule has 1 rings (SSSR count). The van der Waals surface area contributed by atoms with Gasteiger partial charge in [-0.2, -0.15) is 0 Å². The molecule has 1 fully saturated rings. The summed E-state index contributed by atoms with van der Waals surface area (Å²) in [5.41, 5.74) is 5.67. The number of nitrogens with zero attached hydrogens (tertiary/aromatic N) is 1. The molecule has 0 spiro atoms. The van der Waals surface area contributed by atoms with Gasteiger partial charge in [0, 0.05) is 19.6 Å². The summed E-state index contributed by atoms with van der Waals surface area (Å²) >= 11 is 0. The van der Waals surface area contributed by atoms with Gasteiger partial charge in [0.05, 0.1) is 6.26 Å². The summed E-state index contributed by atoms with van der Waals surface area (Å²) < 4.78 is 23.9. The first kappa shape index (κ1) is 14.2. The normalized spacial score (nSPS) is 17.8. The molecule has 0 saturated heterocycles. The quantitative estimate of drug-likeness (QED) is 0.331. The maximum Gasteiger partial charge on any atom is 0.208 e. The number of rotatable bonds is 7. The number of guanidine groups is 1. The first-order valence-corrected chi connectivity index (χ1v) is 7.85. The maximum atomic E-state index is 10.8. The van der Waals surface area contributed by atoms with E-state index in [9.17, 15) is 8.42 Å². The van der Waals surface area contributed by atoms with Gasteiger partial charge in [0.1, 0.15) is 0 Å². The van der Waals surface area contributed by atoms with Crippen molar-refractivity contribution in [3.8, 4) is 0 Å². The monoisotopic (exact) mass is 262 g/mol. The summed E-state index contributed by atoms with van der Waals surface area (Å²) in [5, 5.41) is 2.97. The summed E-state index contributed by atoms with van der Waals surface area (Å²) in [6.45, 7) is 1.85. The van der Waals surface area contributed by atoms with Crippen LogP contribution >= 0.6 is 0 Å². The molecule has 0 aromatic heterocycles. The highest BCUT2D eigenvalue weighted by Gasteiger charge is 2.16. The standard InChI is InChI=1S/C10H22N4O2S/c1-17(15,16)14-7-3-6-12-10(11)13-8-9-4-2-5-9/h9,14H,2-8H2,1H3,(H3,11,12,13). The van der Waals surface area contributed by atoms with E-state index in [0.29, 0.717) is 31.4 Å². The Hall–Kier alpha value is -0.820. The van der Waals surface area contributed by atoms with Crippen LogP contribution < -0.4 is 15.8 Å². The van der Waals surface area contributed by atoms with Gasteiger partial charge in [0.15, 0.2) is 5.96 Å². The number of hydrogen-bond donors (Lipinski definition) is 3. The third-order valence-corrected chi connectivity index (χ3v) is 3.50. The molecule has 17 heavy (non-hydrogen) atoms. The molecular weight excluding hydrogens is 240 g/mol. The topological polar surface area (TPSA) is 96.6 Å². The lowest BCUT2D eigenvalue weighted by Gasteiger charge is -2.23. The van der Waals surface area contributed by atoms with Crippen LogP contribution in [0.1, 0.15) is 25.7 Å². The van der Waals surface area contributed by atoms with Gasteiger partial charge in [-0.05, 0) is 25.2 Å². The van der Waals surface area contributed by atoms with Gasteiger partial charge in [0.2, 0.25) is 10.0 Å². The van der Waals surface area contributed by atoms with Crippen molar-refractivity contribution in [2.24, 2.45) is 16.6 Å². The predicted molar refractivity (Wildman–Crippen MR) is 69.3 cm³/mol. The molecule has 0 atom stereocenters. The van der Waals surface area contributed by atoms with Crippen LogP contribution in [0, 0.1) is 5.92 Å². The largest absolute Gasteiger partial charge is 0.370 e. The maximum absolute atomic E-state index is 10.8. The Morgan fingerprint density at radius 1 is 1.41 bits per heavy atom. The van der Waals surface area contributed by atoms with Crippen molar-refractivity contribution in [1.82, 2.24) is 10.0 Å². The first-order chi connectivity index (χ1) is 7.97. The van der Waals surface area contributed by atoms with Crippen LogP contribution in [0.3, 0.4) is 0 Å². The van der Waals surface area contributed by atoms with Crippen LogP contribution in [0.4, 0.5) is 0 Å². The van der Waals surface area contributed by atoms with Crippen LogP contribution in [0.2, 0.25) is 0 Å². The molecule has 0 heterocycles. The first-order valence-electron chi connectivity index (χ1n) is 5.96. The molecule has 6 nitrogen and oxygen atoms in total. The highest BCUT2D eigenvalue weighted by molar-refractivity contribution is 7.88. The van der Waals surface area contributed by atoms with E-state index in [2.05, 4.69) is 15.0 Å². The van der Waals surface area contributed by atoms with Crippen molar-refractivity contribution in [1.29, 1.82) is 0 Å². The Morgan fingerprint density at radius 2 is 2.12 bits per heavy atom. The fraction of sp³-hybridized carbons (Fsp3) is 0.900. The second-order valence-electron chi connectivity index (χ2n) is 4.47.